The van der Waals surface area contributed by atoms with Crippen molar-refractivity contribution in [3.63, 3.8) is 0 Å². The average molecular weight is 636 g/mol. The predicted octanol–water partition coefficient (Wildman–Crippen LogP) is 7.58. The Morgan fingerprint density at radius 3 is 2.26 bits per heavy atom. The number of carbonyl (C=O) groups is 1. The third-order valence-corrected chi connectivity index (χ3v) is 7.92. The van der Waals surface area contributed by atoms with Gasteiger partial charge in [0.05, 0.1) is 20.3 Å². The van der Waals surface area contributed by atoms with E-state index >= 15 is 0 Å². The number of amides is 2. The summed E-state index contributed by atoms with van der Waals surface area (Å²) >= 11 is 0. The molecule has 0 aliphatic rings. The topological polar surface area (TPSA) is 117 Å². The van der Waals surface area contributed by atoms with Crippen LogP contribution in [0.4, 0.5) is 16.2 Å². The van der Waals surface area contributed by atoms with E-state index in [2.05, 4.69) is 48.3 Å². The summed E-state index contributed by atoms with van der Waals surface area (Å²) in [5.74, 6) is 1.45. The third kappa shape index (κ3) is 7.44. The molecule has 0 spiro atoms. The van der Waals surface area contributed by atoms with Gasteiger partial charge in [-0.3, -0.25) is 14.3 Å². The first-order valence-electron chi connectivity index (χ1n) is 15.6. The molecule has 47 heavy (non-hydrogen) atoms. The standard InChI is InChI=1S/C37H41N5O5/c1-23(2)30-19-28(47-22-25-10-8-14-38-21-25)20-31(24(3)4)33(30)40-37(44)41-34-32(26-11-7-12-27(18-26)46-6)29-13-9-15-39-35(29)42(36(34)43)16-17-45-5/h7-15,18-21,23-24H,16-17,22H2,1-6H3,(H2,40,41,44). The largest absolute Gasteiger partial charge is 0.497 e. The van der Waals surface area contributed by atoms with Gasteiger partial charge in [0.2, 0.25) is 0 Å². The Hall–Kier alpha value is -5.22. The number of fused-ring (bicyclic) bond motifs is 1. The van der Waals surface area contributed by atoms with Crippen molar-refractivity contribution in [2.75, 3.05) is 31.5 Å². The van der Waals surface area contributed by atoms with Crippen LogP contribution in [0.25, 0.3) is 22.2 Å². The monoisotopic (exact) mass is 635 g/mol. The zero-order valence-electron chi connectivity index (χ0n) is 27.7. The number of benzene rings is 2. The summed E-state index contributed by atoms with van der Waals surface area (Å²) in [6, 6.07) is 18.3. The van der Waals surface area contributed by atoms with Crippen molar-refractivity contribution >= 4 is 28.4 Å². The molecule has 0 unspecified atom stereocenters. The second kappa shape index (κ2) is 14.9. The molecule has 2 N–H and O–H groups in total. The lowest BCUT2D eigenvalue weighted by atomic mass is 9.92. The molecule has 0 saturated carbocycles. The van der Waals surface area contributed by atoms with E-state index in [0.29, 0.717) is 52.6 Å². The number of carbonyl (C=O) groups excluding carboxylic acids is 1. The van der Waals surface area contributed by atoms with E-state index in [0.717, 1.165) is 16.7 Å². The quantitative estimate of drug-likeness (QED) is 0.145. The third-order valence-electron chi connectivity index (χ3n) is 7.92. The van der Waals surface area contributed by atoms with E-state index in [1.54, 1.807) is 32.8 Å². The molecular formula is C37H41N5O5. The number of nitrogens with one attached hydrogen (secondary N) is 2. The van der Waals surface area contributed by atoms with E-state index < -0.39 is 11.6 Å². The molecule has 5 rings (SSSR count). The molecule has 0 saturated heterocycles. The molecule has 2 amide bonds. The van der Waals surface area contributed by atoms with Crippen LogP contribution in [-0.4, -0.2) is 41.4 Å². The molecule has 10 nitrogen and oxygen atoms in total. The van der Waals surface area contributed by atoms with E-state index in [4.69, 9.17) is 14.2 Å². The molecule has 244 valence electrons. The van der Waals surface area contributed by atoms with Crippen LogP contribution in [0.3, 0.4) is 0 Å². The maximum Gasteiger partial charge on any atom is 0.323 e. The van der Waals surface area contributed by atoms with E-state index in [-0.39, 0.29) is 24.1 Å². The molecule has 0 atom stereocenters. The first kappa shape index (κ1) is 33.2. The Morgan fingerprint density at radius 2 is 1.60 bits per heavy atom. The Bertz CT molecular complexity index is 1890. The van der Waals surface area contributed by atoms with Gasteiger partial charge >= 0.3 is 6.03 Å². The number of pyridine rings is 3. The van der Waals surface area contributed by atoms with Gasteiger partial charge in [0, 0.05) is 47.9 Å². The minimum Gasteiger partial charge on any atom is -0.497 e. The maximum absolute atomic E-state index is 14.2. The second-order valence-corrected chi connectivity index (χ2v) is 11.8. The van der Waals surface area contributed by atoms with Crippen molar-refractivity contribution in [3.8, 4) is 22.6 Å². The number of rotatable bonds is 12. The van der Waals surface area contributed by atoms with Crippen LogP contribution in [0.1, 0.15) is 56.2 Å². The molecular weight excluding hydrogens is 594 g/mol. The molecule has 3 heterocycles. The van der Waals surface area contributed by atoms with E-state index in [9.17, 15) is 9.59 Å². The summed E-state index contributed by atoms with van der Waals surface area (Å²) in [5, 5.41) is 6.74. The van der Waals surface area contributed by atoms with Gasteiger partial charge in [0.25, 0.3) is 5.56 Å². The normalized spacial score (nSPS) is 11.2. The fourth-order valence-corrected chi connectivity index (χ4v) is 5.57. The number of anilines is 2. The van der Waals surface area contributed by atoms with E-state index in [1.807, 2.05) is 60.7 Å². The fourth-order valence-electron chi connectivity index (χ4n) is 5.57. The number of urea groups is 1. The summed E-state index contributed by atoms with van der Waals surface area (Å²) < 4.78 is 18.5. The van der Waals surface area contributed by atoms with Gasteiger partial charge in [-0.1, -0.05) is 45.9 Å². The smallest absolute Gasteiger partial charge is 0.323 e. The molecule has 0 fully saturated rings. The van der Waals surface area contributed by atoms with Crippen molar-refractivity contribution in [1.29, 1.82) is 0 Å². The highest BCUT2D eigenvalue weighted by Crippen LogP contribution is 2.38. The summed E-state index contributed by atoms with van der Waals surface area (Å²) in [6.07, 6.45) is 5.15. The van der Waals surface area contributed by atoms with Crippen molar-refractivity contribution in [3.05, 3.63) is 106 Å². The van der Waals surface area contributed by atoms with Gasteiger partial charge < -0.3 is 24.8 Å². The lowest BCUT2D eigenvalue weighted by Crippen LogP contribution is -2.31. The van der Waals surface area contributed by atoms with Crippen LogP contribution in [0.5, 0.6) is 11.5 Å². The number of hydrogen-bond acceptors (Lipinski definition) is 7. The predicted molar refractivity (Wildman–Crippen MR) is 186 cm³/mol. The van der Waals surface area contributed by atoms with Crippen molar-refractivity contribution in [2.45, 2.75) is 52.7 Å². The Morgan fingerprint density at radius 1 is 0.872 bits per heavy atom. The highest BCUT2D eigenvalue weighted by molar-refractivity contribution is 6.08. The van der Waals surface area contributed by atoms with Crippen molar-refractivity contribution in [1.82, 2.24) is 14.5 Å². The maximum atomic E-state index is 14.2. The molecule has 2 aromatic carbocycles. The Balaban J connectivity index is 1.58. The van der Waals surface area contributed by atoms with Gasteiger partial charge in [-0.05, 0) is 71.0 Å². The minimum atomic E-state index is -0.541. The second-order valence-electron chi connectivity index (χ2n) is 11.8. The average Bonchev–Trinajstić information content (AvgIpc) is 3.08. The highest BCUT2D eigenvalue weighted by Gasteiger charge is 2.23. The summed E-state index contributed by atoms with van der Waals surface area (Å²) in [4.78, 5) is 36.9. The number of methoxy groups -OCH3 is 2. The summed E-state index contributed by atoms with van der Waals surface area (Å²) in [7, 11) is 3.16. The zero-order valence-corrected chi connectivity index (χ0v) is 27.7. The first-order valence-corrected chi connectivity index (χ1v) is 15.6. The molecule has 0 aliphatic carbocycles. The van der Waals surface area contributed by atoms with Crippen molar-refractivity contribution < 1.29 is 19.0 Å². The zero-order chi connectivity index (χ0) is 33.5. The molecule has 0 aliphatic heterocycles. The number of hydrogen-bond donors (Lipinski definition) is 2. The van der Waals surface area contributed by atoms with Gasteiger partial charge in [0.15, 0.2) is 0 Å². The summed E-state index contributed by atoms with van der Waals surface area (Å²) in [5.41, 5.74) is 4.95. The van der Waals surface area contributed by atoms with Crippen LogP contribution in [-0.2, 0) is 17.9 Å². The van der Waals surface area contributed by atoms with Gasteiger partial charge in [-0.15, -0.1) is 0 Å². The van der Waals surface area contributed by atoms with Crippen LogP contribution >= 0.6 is 0 Å². The molecule has 10 heteroatoms. The molecule has 0 bridgehead atoms. The Kier molecular flexibility index (Phi) is 10.5. The lowest BCUT2D eigenvalue weighted by molar-refractivity contribution is 0.187. The number of nitrogens with zero attached hydrogens (tertiary/aromatic N) is 3. The molecule has 3 aromatic heterocycles. The summed E-state index contributed by atoms with van der Waals surface area (Å²) in [6.45, 7) is 9.19. The first-order chi connectivity index (χ1) is 22.7. The Labute approximate surface area is 274 Å². The van der Waals surface area contributed by atoms with Gasteiger partial charge in [-0.25, -0.2) is 9.78 Å². The molecule has 5 aromatic rings. The van der Waals surface area contributed by atoms with Crippen LogP contribution in [0.2, 0.25) is 0 Å². The van der Waals surface area contributed by atoms with Gasteiger partial charge in [-0.2, -0.15) is 0 Å². The van der Waals surface area contributed by atoms with Crippen LogP contribution in [0, 0.1) is 0 Å². The highest BCUT2D eigenvalue weighted by atomic mass is 16.5. The van der Waals surface area contributed by atoms with Crippen LogP contribution in [0.15, 0.2) is 84.0 Å². The van der Waals surface area contributed by atoms with Crippen LogP contribution < -0.4 is 25.7 Å². The number of ether oxygens (including phenoxy) is 3. The number of aromatic nitrogens is 3. The fraction of sp³-hybridized carbons (Fsp3) is 0.297. The lowest BCUT2D eigenvalue weighted by Gasteiger charge is -2.23. The van der Waals surface area contributed by atoms with E-state index in [1.165, 1.54) is 4.57 Å². The van der Waals surface area contributed by atoms with Crippen molar-refractivity contribution in [2.24, 2.45) is 0 Å². The SMILES string of the molecule is COCCn1c(=O)c(NC(=O)Nc2c(C(C)C)cc(OCc3cccnc3)cc2C(C)C)c(-c2cccc(OC)c2)c2cccnc21. The van der Waals surface area contributed by atoms with Gasteiger partial charge in [0.1, 0.15) is 29.4 Å². The molecule has 0 radical (unpaired) electrons. The minimum absolute atomic E-state index is 0.0649.